The second-order valence-corrected chi connectivity index (χ2v) is 9.41. The van der Waals surface area contributed by atoms with Crippen molar-refractivity contribution in [3.63, 3.8) is 0 Å². The van der Waals surface area contributed by atoms with E-state index < -0.39 is 48.7 Å². The number of aromatic nitrogens is 2. The van der Waals surface area contributed by atoms with Crippen LogP contribution in [0.5, 0.6) is 0 Å². The third-order valence-corrected chi connectivity index (χ3v) is 6.65. The molecule has 0 bridgehead atoms. The first-order chi connectivity index (χ1) is 14.1. The number of imidazole rings is 1. The summed E-state index contributed by atoms with van der Waals surface area (Å²) in [6, 6.07) is 2.45. The van der Waals surface area contributed by atoms with Crippen LogP contribution in [0.4, 0.5) is 11.6 Å². The highest BCUT2D eigenvalue weighted by Gasteiger charge is 2.34. The smallest absolute Gasteiger partial charge is 0.242 e. The normalized spacial score (nSPS) is 16.6. The molecule has 30 heavy (non-hydrogen) atoms. The summed E-state index contributed by atoms with van der Waals surface area (Å²) >= 11 is 0. The Hall–Kier alpha value is -2.19. The van der Waals surface area contributed by atoms with Crippen molar-refractivity contribution < 1.29 is 21.9 Å². The molecular formula is C13H22N10O5S2. The van der Waals surface area contributed by atoms with Gasteiger partial charge < -0.3 is 21.1 Å². The predicted molar refractivity (Wildman–Crippen MR) is 105 cm³/mol. The summed E-state index contributed by atoms with van der Waals surface area (Å²) in [4.78, 5) is 5.57. The number of nitrogens with two attached hydrogens (primary N) is 2. The van der Waals surface area contributed by atoms with Crippen molar-refractivity contribution in [1.82, 2.24) is 36.6 Å². The second kappa shape index (κ2) is 8.89. The molecular weight excluding hydrogens is 440 g/mol. The Balaban J connectivity index is 2.17. The fourth-order valence-electron chi connectivity index (χ4n) is 2.71. The summed E-state index contributed by atoms with van der Waals surface area (Å²) in [5.74, 6) is 0.287. The van der Waals surface area contributed by atoms with E-state index in [9.17, 15) is 21.9 Å². The molecule has 0 spiro atoms. The fourth-order valence-corrected chi connectivity index (χ4v) is 5.43. The molecule has 1 aromatic carbocycles. The quantitative estimate of drug-likeness (QED) is 0.175. The first kappa shape index (κ1) is 22.5. The lowest BCUT2D eigenvalue weighted by Crippen LogP contribution is -2.37. The van der Waals surface area contributed by atoms with Gasteiger partial charge in [0.15, 0.2) is 0 Å². The van der Waals surface area contributed by atoms with Gasteiger partial charge in [0.2, 0.25) is 26.0 Å². The number of aliphatic hydroxyl groups excluding tert-OH is 1. The Bertz CT molecular complexity index is 1080. The van der Waals surface area contributed by atoms with E-state index in [2.05, 4.69) is 41.9 Å². The first-order valence-corrected chi connectivity index (χ1v) is 11.5. The molecule has 1 aromatic heterocycles. The van der Waals surface area contributed by atoms with Crippen molar-refractivity contribution >= 4 is 31.7 Å². The lowest BCUT2D eigenvalue weighted by molar-refractivity contribution is 0.186. The van der Waals surface area contributed by atoms with E-state index in [1.807, 2.05) is 0 Å². The van der Waals surface area contributed by atoms with Crippen molar-refractivity contribution in [3.8, 4) is 0 Å². The van der Waals surface area contributed by atoms with Gasteiger partial charge in [-0.25, -0.2) is 42.5 Å². The molecule has 15 nitrogen and oxygen atoms in total. The van der Waals surface area contributed by atoms with Crippen LogP contribution in [0.1, 0.15) is 11.7 Å². The Labute approximate surface area is 172 Å². The number of benzene rings is 1. The fraction of sp³-hybridized carbons (Fsp3) is 0.308. The van der Waals surface area contributed by atoms with Crippen LogP contribution in [0.2, 0.25) is 0 Å². The Morgan fingerprint density at radius 1 is 1.20 bits per heavy atom. The molecule has 0 radical (unpaired) electrons. The number of aliphatic hydroxyl groups is 1. The number of hydrogen-bond donors (Lipinski definition) is 10. The third kappa shape index (κ3) is 4.92. The van der Waals surface area contributed by atoms with Crippen LogP contribution in [-0.4, -0.2) is 51.1 Å². The molecule has 0 unspecified atom stereocenters. The van der Waals surface area contributed by atoms with Crippen molar-refractivity contribution in [2.45, 2.75) is 22.1 Å². The number of hydrogen-bond acceptors (Lipinski definition) is 12. The van der Waals surface area contributed by atoms with Gasteiger partial charge in [0.1, 0.15) is 16.0 Å². The van der Waals surface area contributed by atoms with Gasteiger partial charge in [0.25, 0.3) is 0 Å². The number of anilines is 2. The minimum atomic E-state index is -4.54. The Morgan fingerprint density at radius 2 is 1.90 bits per heavy atom. The number of aromatic amines is 1. The van der Waals surface area contributed by atoms with Gasteiger partial charge in [-0.3, -0.25) is 0 Å². The van der Waals surface area contributed by atoms with Crippen LogP contribution >= 0.6 is 0 Å². The van der Waals surface area contributed by atoms with E-state index in [-0.39, 0.29) is 23.7 Å². The minimum absolute atomic E-state index is 0.0198. The molecule has 1 atom stereocenters. The molecule has 0 aliphatic carbocycles. The predicted octanol–water partition coefficient (Wildman–Crippen LogP) is -3.49. The van der Waals surface area contributed by atoms with Gasteiger partial charge in [0.05, 0.1) is 6.10 Å². The number of sulfonamides is 2. The van der Waals surface area contributed by atoms with Crippen LogP contribution in [0.3, 0.4) is 0 Å². The van der Waals surface area contributed by atoms with Gasteiger partial charge >= 0.3 is 0 Å². The van der Waals surface area contributed by atoms with E-state index in [1.165, 1.54) is 12.3 Å². The first-order valence-electron chi connectivity index (χ1n) is 8.48. The zero-order valence-electron chi connectivity index (χ0n) is 15.4. The molecule has 0 amide bonds. The summed E-state index contributed by atoms with van der Waals surface area (Å²) in [7, 11) is -8.93. The lowest BCUT2D eigenvalue weighted by atomic mass is 10.1. The summed E-state index contributed by atoms with van der Waals surface area (Å²) in [6.45, 7) is -0.595. The Kier molecular flexibility index (Phi) is 6.67. The standard InChI is InChI=1S/C13H22N10O5S2/c14-5-7(24)6-18-30(27,28)9-2-1-8(19-13-16-3-4-17-13)10(11(9)29(15,25)26)12-20-22-23-21-12/h1-4,7,12,18,20-24H,5-6,14H2,(H2,15,25,26)(H2,16,17,19)/t7-/m1/s1. The van der Waals surface area contributed by atoms with Crippen molar-refractivity contribution in [3.05, 3.63) is 30.1 Å². The maximum atomic E-state index is 12.8. The van der Waals surface area contributed by atoms with Crippen molar-refractivity contribution in [2.75, 3.05) is 18.4 Å². The second-order valence-electron chi connectivity index (χ2n) is 6.17. The van der Waals surface area contributed by atoms with Crippen LogP contribution in [-0.2, 0) is 20.0 Å². The number of H-pyrrole nitrogens is 1. The molecule has 1 aliphatic rings. The minimum Gasteiger partial charge on any atom is -0.390 e. The molecule has 17 heteroatoms. The molecule has 1 fully saturated rings. The van der Waals surface area contributed by atoms with Crippen molar-refractivity contribution in [2.24, 2.45) is 10.9 Å². The summed E-state index contributed by atoms with van der Waals surface area (Å²) in [6.07, 6.45) is 0.969. The SMILES string of the molecule is NC[C@@H](O)CNS(=O)(=O)c1ccc(Nc2ncc[nH]2)c(C2NNNN2)c1S(N)(=O)=O. The van der Waals surface area contributed by atoms with E-state index >= 15 is 0 Å². The molecule has 1 aliphatic heterocycles. The highest BCUT2D eigenvalue weighted by Crippen LogP contribution is 2.35. The molecule has 166 valence electrons. The summed E-state index contributed by atoms with van der Waals surface area (Å²) in [5.41, 5.74) is 16.0. The van der Waals surface area contributed by atoms with Gasteiger partial charge in [-0.1, -0.05) is 0 Å². The molecule has 3 rings (SSSR count). The van der Waals surface area contributed by atoms with Crippen LogP contribution in [0.15, 0.2) is 34.3 Å². The highest BCUT2D eigenvalue weighted by molar-refractivity contribution is 7.92. The van der Waals surface area contributed by atoms with Crippen LogP contribution < -0.4 is 42.8 Å². The lowest BCUT2D eigenvalue weighted by Gasteiger charge is -2.21. The van der Waals surface area contributed by atoms with E-state index in [0.717, 1.165) is 6.07 Å². The average Bonchev–Trinajstić information content (AvgIpc) is 3.39. The van der Waals surface area contributed by atoms with E-state index in [1.54, 1.807) is 6.20 Å². The van der Waals surface area contributed by atoms with Gasteiger partial charge in [0, 0.05) is 36.7 Å². The van der Waals surface area contributed by atoms with Crippen LogP contribution in [0, 0.1) is 0 Å². The third-order valence-electron chi connectivity index (χ3n) is 4.05. The molecule has 2 aromatic rings. The summed E-state index contributed by atoms with van der Waals surface area (Å²) < 4.78 is 52.8. The highest BCUT2D eigenvalue weighted by atomic mass is 32.2. The van der Waals surface area contributed by atoms with E-state index in [4.69, 9.17) is 10.9 Å². The van der Waals surface area contributed by atoms with Gasteiger partial charge in [-0.2, -0.15) is 11.1 Å². The zero-order chi connectivity index (χ0) is 21.9. The maximum absolute atomic E-state index is 12.8. The zero-order valence-corrected chi connectivity index (χ0v) is 17.0. The van der Waals surface area contributed by atoms with E-state index in [0.29, 0.717) is 0 Å². The number of nitrogens with zero attached hydrogens (tertiary/aromatic N) is 1. The van der Waals surface area contributed by atoms with Crippen molar-refractivity contribution in [1.29, 1.82) is 0 Å². The maximum Gasteiger partial charge on any atom is 0.242 e. The molecule has 2 heterocycles. The topological polar surface area (TPSA) is 241 Å². The molecule has 1 saturated heterocycles. The number of nitrogens with one attached hydrogen (secondary N) is 7. The largest absolute Gasteiger partial charge is 0.390 e. The monoisotopic (exact) mass is 462 g/mol. The number of hydrazine groups is 3. The van der Waals surface area contributed by atoms with Crippen LogP contribution in [0.25, 0.3) is 0 Å². The van der Waals surface area contributed by atoms with Gasteiger partial charge in [-0.05, 0) is 12.1 Å². The number of rotatable bonds is 9. The van der Waals surface area contributed by atoms with Gasteiger partial charge in [-0.15, -0.1) is 0 Å². The summed E-state index contributed by atoms with van der Waals surface area (Å²) in [5, 5.41) is 17.9. The number of primary sulfonamides is 1. The molecule has 0 saturated carbocycles. The Morgan fingerprint density at radius 3 is 2.47 bits per heavy atom. The average molecular weight is 463 g/mol. The molecule has 12 N–H and O–H groups in total.